The maximum Gasteiger partial charge on any atom is 0.184 e. The SMILES string of the molecule is N#CCn1cc(/C=N\NC(N)=S)c2ccccc21. The highest BCUT2D eigenvalue weighted by Crippen LogP contribution is 2.19. The van der Waals surface area contributed by atoms with Gasteiger partial charge in [-0.1, -0.05) is 18.2 Å². The Balaban J connectivity index is 2.42. The highest BCUT2D eigenvalue weighted by atomic mass is 32.1. The fourth-order valence-electron chi connectivity index (χ4n) is 1.75. The van der Waals surface area contributed by atoms with E-state index in [-0.39, 0.29) is 5.11 Å². The van der Waals surface area contributed by atoms with Crippen molar-refractivity contribution in [1.82, 2.24) is 9.99 Å². The van der Waals surface area contributed by atoms with Gasteiger partial charge in [0, 0.05) is 22.7 Å². The van der Waals surface area contributed by atoms with Crippen molar-refractivity contribution in [1.29, 1.82) is 5.26 Å². The molecule has 1 aromatic heterocycles. The minimum atomic E-state index is 0.118. The number of thiocarbonyl (C=S) groups is 1. The minimum absolute atomic E-state index is 0.118. The summed E-state index contributed by atoms with van der Waals surface area (Å²) >= 11 is 4.66. The van der Waals surface area contributed by atoms with Crippen LogP contribution < -0.4 is 11.2 Å². The molecule has 0 saturated carbocycles. The summed E-state index contributed by atoms with van der Waals surface area (Å²) in [5, 5.41) is 13.9. The number of para-hydroxylation sites is 1. The van der Waals surface area contributed by atoms with Crippen molar-refractivity contribution in [2.75, 3.05) is 0 Å². The Morgan fingerprint density at radius 2 is 2.33 bits per heavy atom. The number of benzene rings is 1. The topological polar surface area (TPSA) is 79.1 Å². The third kappa shape index (κ3) is 2.47. The first kappa shape index (κ1) is 12.1. The molecular formula is C12H11N5S. The second-order valence-corrected chi connectivity index (χ2v) is 4.06. The average Bonchev–Trinajstić information content (AvgIpc) is 2.69. The van der Waals surface area contributed by atoms with Crippen LogP contribution in [0.4, 0.5) is 0 Å². The Morgan fingerprint density at radius 1 is 1.56 bits per heavy atom. The number of rotatable bonds is 3. The number of hydrogen-bond acceptors (Lipinski definition) is 3. The Labute approximate surface area is 109 Å². The molecule has 0 bridgehead atoms. The molecule has 1 aromatic carbocycles. The molecular weight excluding hydrogens is 246 g/mol. The zero-order valence-electron chi connectivity index (χ0n) is 9.50. The molecule has 0 aliphatic rings. The molecule has 2 rings (SSSR count). The van der Waals surface area contributed by atoms with Gasteiger partial charge in [0.2, 0.25) is 0 Å². The number of nitrogens with two attached hydrogens (primary N) is 1. The van der Waals surface area contributed by atoms with E-state index in [4.69, 9.17) is 11.0 Å². The van der Waals surface area contributed by atoms with E-state index in [0.29, 0.717) is 6.54 Å². The first-order valence-corrected chi connectivity index (χ1v) is 5.66. The van der Waals surface area contributed by atoms with Crippen LogP contribution >= 0.6 is 12.2 Å². The lowest BCUT2D eigenvalue weighted by molar-refractivity contribution is 0.873. The highest BCUT2D eigenvalue weighted by Gasteiger charge is 2.05. The number of hydrogen-bond donors (Lipinski definition) is 2. The van der Waals surface area contributed by atoms with Crippen LogP contribution in [0.2, 0.25) is 0 Å². The van der Waals surface area contributed by atoms with Gasteiger partial charge in [-0.3, -0.25) is 5.43 Å². The summed E-state index contributed by atoms with van der Waals surface area (Å²) in [6.45, 7) is 0.303. The molecule has 6 heteroatoms. The predicted octanol–water partition coefficient (Wildman–Crippen LogP) is 1.33. The van der Waals surface area contributed by atoms with Gasteiger partial charge in [0.1, 0.15) is 6.54 Å². The summed E-state index contributed by atoms with van der Waals surface area (Å²) in [6, 6.07) is 9.94. The van der Waals surface area contributed by atoms with E-state index in [0.717, 1.165) is 16.5 Å². The van der Waals surface area contributed by atoms with Crippen LogP contribution in [0.5, 0.6) is 0 Å². The zero-order valence-corrected chi connectivity index (χ0v) is 10.3. The second-order valence-electron chi connectivity index (χ2n) is 3.62. The first-order valence-electron chi connectivity index (χ1n) is 5.25. The maximum absolute atomic E-state index is 8.79. The molecule has 0 saturated heterocycles. The number of nitriles is 1. The number of fused-ring (bicyclic) bond motifs is 1. The molecule has 0 amide bonds. The molecule has 0 radical (unpaired) electrons. The van der Waals surface area contributed by atoms with Crippen molar-refractivity contribution in [3.63, 3.8) is 0 Å². The van der Waals surface area contributed by atoms with Gasteiger partial charge in [0.15, 0.2) is 5.11 Å². The van der Waals surface area contributed by atoms with Gasteiger partial charge < -0.3 is 10.3 Å². The summed E-state index contributed by atoms with van der Waals surface area (Å²) in [6.07, 6.45) is 3.51. The molecule has 0 fully saturated rings. The Hall–Kier alpha value is -2.39. The number of hydrazone groups is 1. The molecule has 90 valence electrons. The Kier molecular flexibility index (Phi) is 3.55. The molecule has 0 unspecified atom stereocenters. The van der Waals surface area contributed by atoms with Crippen LogP contribution in [-0.2, 0) is 6.54 Å². The van der Waals surface area contributed by atoms with Gasteiger partial charge in [0.05, 0.1) is 12.3 Å². The molecule has 5 nitrogen and oxygen atoms in total. The molecule has 0 atom stereocenters. The molecule has 0 aliphatic carbocycles. The number of nitrogens with one attached hydrogen (secondary N) is 1. The quantitative estimate of drug-likeness (QED) is 0.494. The lowest BCUT2D eigenvalue weighted by atomic mass is 10.2. The van der Waals surface area contributed by atoms with Gasteiger partial charge in [-0.25, -0.2) is 0 Å². The van der Waals surface area contributed by atoms with Crippen molar-refractivity contribution < 1.29 is 0 Å². The third-order valence-electron chi connectivity index (χ3n) is 2.44. The Morgan fingerprint density at radius 3 is 3.06 bits per heavy atom. The molecule has 18 heavy (non-hydrogen) atoms. The van der Waals surface area contributed by atoms with Crippen LogP contribution in [0.3, 0.4) is 0 Å². The van der Waals surface area contributed by atoms with Crippen molar-refractivity contribution in [3.05, 3.63) is 36.0 Å². The van der Waals surface area contributed by atoms with Crippen LogP contribution in [0.1, 0.15) is 5.56 Å². The van der Waals surface area contributed by atoms with Crippen molar-refractivity contribution >= 4 is 34.4 Å². The fraction of sp³-hybridized carbons (Fsp3) is 0.0833. The first-order chi connectivity index (χ1) is 8.72. The van der Waals surface area contributed by atoms with Gasteiger partial charge >= 0.3 is 0 Å². The summed E-state index contributed by atoms with van der Waals surface area (Å²) in [5.41, 5.74) is 9.69. The molecule has 0 aliphatic heterocycles. The van der Waals surface area contributed by atoms with E-state index in [1.54, 1.807) is 6.21 Å². The molecule has 0 spiro atoms. The Bertz CT molecular complexity index is 650. The standard InChI is InChI=1S/C12H11N5S/c13-5-6-17-8-9(7-15-16-12(14)18)10-3-1-2-4-11(10)17/h1-4,7-8H,6H2,(H3,14,16,18)/b15-7-. The van der Waals surface area contributed by atoms with E-state index < -0.39 is 0 Å². The summed E-state index contributed by atoms with van der Waals surface area (Å²) < 4.78 is 1.87. The monoisotopic (exact) mass is 257 g/mol. The predicted molar refractivity (Wildman–Crippen MR) is 75.1 cm³/mol. The lowest BCUT2D eigenvalue weighted by Crippen LogP contribution is -2.23. The van der Waals surface area contributed by atoms with Gasteiger partial charge in [-0.05, 0) is 18.3 Å². The van der Waals surface area contributed by atoms with Crippen molar-refractivity contribution in [3.8, 4) is 6.07 Å². The van der Waals surface area contributed by atoms with Crippen LogP contribution in [0, 0.1) is 11.3 Å². The summed E-state index contributed by atoms with van der Waals surface area (Å²) in [7, 11) is 0. The van der Waals surface area contributed by atoms with E-state index in [1.807, 2.05) is 35.0 Å². The van der Waals surface area contributed by atoms with E-state index in [1.165, 1.54) is 0 Å². The summed E-state index contributed by atoms with van der Waals surface area (Å²) in [5.74, 6) is 0. The van der Waals surface area contributed by atoms with Crippen molar-refractivity contribution in [2.45, 2.75) is 6.54 Å². The minimum Gasteiger partial charge on any atom is -0.375 e. The van der Waals surface area contributed by atoms with Gasteiger partial charge in [0.25, 0.3) is 0 Å². The maximum atomic E-state index is 8.79. The van der Waals surface area contributed by atoms with Crippen LogP contribution in [-0.4, -0.2) is 15.9 Å². The largest absolute Gasteiger partial charge is 0.375 e. The number of nitrogens with zero attached hydrogens (tertiary/aromatic N) is 3. The van der Waals surface area contributed by atoms with Gasteiger partial charge in [-0.15, -0.1) is 0 Å². The zero-order chi connectivity index (χ0) is 13.0. The highest BCUT2D eigenvalue weighted by molar-refractivity contribution is 7.80. The molecule has 3 N–H and O–H groups in total. The normalized spacial score (nSPS) is 10.6. The average molecular weight is 257 g/mol. The summed E-state index contributed by atoms with van der Waals surface area (Å²) in [4.78, 5) is 0. The lowest BCUT2D eigenvalue weighted by Gasteiger charge is -1.96. The van der Waals surface area contributed by atoms with Crippen LogP contribution in [0.25, 0.3) is 10.9 Å². The van der Waals surface area contributed by atoms with E-state index in [9.17, 15) is 0 Å². The smallest absolute Gasteiger partial charge is 0.184 e. The molecule has 1 heterocycles. The number of aromatic nitrogens is 1. The third-order valence-corrected chi connectivity index (χ3v) is 2.53. The van der Waals surface area contributed by atoms with Gasteiger partial charge in [-0.2, -0.15) is 10.4 Å². The fourth-order valence-corrected chi connectivity index (χ4v) is 1.80. The molecule has 2 aromatic rings. The second kappa shape index (κ2) is 5.29. The van der Waals surface area contributed by atoms with E-state index in [2.05, 4.69) is 28.8 Å². The van der Waals surface area contributed by atoms with Crippen LogP contribution in [0.15, 0.2) is 35.6 Å². The van der Waals surface area contributed by atoms with E-state index >= 15 is 0 Å². The van der Waals surface area contributed by atoms with Crippen molar-refractivity contribution in [2.24, 2.45) is 10.8 Å².